The number of esters is 1. The molecular weight excluding hydrogens is 244 g/mol. The predicted molar refractivity (Wildman–Crippen MR) is 74.4 cm³/mol. The number of rotatable bonds is 4. The fraction of sp³-hybridized carbons (Fsp3) is 0.500. The average Bonchev–Trinajstić information content (AvgIpc) is 2.87. The molecule has 0 aliphatic carbocycles. The minimum Gasteiger partial charge on any atom is -0.462 e. The molecule has 1 unspecified atom stereocenters. The maximum atomic E-state index is 12.0. The zero-order chi connectivity index (χ0) is 13.8. The third-order valence-electron chi connectivity index (χ3n) is 3.36. The molecule has 2 N–H and O–H groups in total. The van der Waals surface area contributed by atoms with Gasteiger partial charge in [0, 0.05) is 20.2 Å². The number of methoxy groups -OCH3 is 1. The highest BCUT2D eigenvalue weighted by atomic mass is 16.5. The first-order valence-corrected chi connectivity index (χ1v) is 6.50. The second-order valence-corrected chi connectivity index (χ2v) is 4.56. The largest absolute Gasteiger partial charge is 0.462 e. The minimum absolute atomic E-state index is 0.189. The summed E-state index contributed by atoms with van der Waals surface area (Å²) in [5, 5.41) is 0. The van der Waals surface area contributed by atoms with E-state index in [1.54, 1.807) is 32.2 Å². The normalized spacial score (nSPS) is 18.6. The summed E-state index contributed by atoms with van der Waals surface area (Å²) in [6.07, 6.45) is 1.13. The molecule has 1 heterocycles. The van der Waals surface area contributed by atoms with E-state index in [1.165, 1.54) is 0 Å². The fourth-order valence-corrected chi connectivity index (χ4v) is 2.41. The van der Waals surface area contributed by atoms with Gasteiger partial charge in [0.15, 0.2) is 0 Å². The van der Waals surface area contributed by atoms with Gasteiger partial charge in [0.1, 0.15) is 0 Å². The van der Waals surface area contributed by atoms with Crippen molar-refractivity contribution in [1.82, 2.24) is 0 Å². The van der Waals surface area contributed by atoms with Gasteiger partial charge in [-0.1, -0.05) is 6.07 Å². The van der Waals surface area contributed by atoms with Gasteiger partial charge in [-0.25, -0.2) is 4.79 Å². The zero-order valence-electron chi connectivity index (χ0n) is 11.4. The van der Waals surface area contributed by atoms with Crippen molar-refractivity contribution in [1.29, 1.82) is 0 Å². The summed E-state index contributed by atoms with van der Waals surface area (Å²) in [5.41, 5.74) is 7.92. The molecule has 1 atom stereocenters. The van der Waals surface area contributed by atoms with E-state index in [4.69, 9.17) is 15.2 Å². The van der Waals surface area contributed by atoms with Gasteiger partial charge in [-0.2, -0.15) is 0 Å². The molecule has 0 bridgehead atoms. The highest BCUT2D eigenvalue weighted by Crippen LogP contribution is 2.31. The molecule has 0 aromatic heterocycles. The van der Waals surface area contributed by atoms with E-state index in [0.29, 0.717) is 17.9 Å². The molecule has 1 aliphatic rings. The second kappa shape index (κ2) is 5.93. The van der Waals surface area contributed by atoms with Crippen LogP contribution in [0.25, 0.3) is 0 Å². The number of para-hydroxylation sites is 1. The molecule has 0 saturated carbocycles. The van der Waals surface area contributed by atoms with Crippen LogP contribution >= 0.6 is 0 Å². The molecule has 5 nitrogen and oxygen atoms in total. The Morgan fingerprint density at radius 2 is 2.32 bits per heavy atom. The first-order chi connectivity index (χ1) is 9.17. The molecule has 1 aliphatic heterocycles. The average molecular weight is 264 g/mol. The number of nitrogens with two attached hydrogens (primary N) is 1. The van der Waals surface area contributed by atoms with E-state index < -0.39 is 0 Å². The Morgan fingerprint density at radius 3 is 2.95 bits per heavy atom. The Bertz CT molecular complexity index is 462. The quantitative estimate of drug-likeness (QED) is 0.662. The van der Waals surface area contributed by atoms with Gasteiger partial charge in [0.2, 0.25) is 0 Å². The number of anilines is 2. The summed E-state index contributed by atoms with van der Waals surface area (Å²) in [4.78, 5) is 14.1. The third-order valence-corrected chi connectivity index (χ3v) is 3.36. The van der Waals surface area contributed by atoms with Gasteiger partial charge in [-0.15, -0.1) is 0 Å². The summed E-state index contributed by atoms with van der Waals surface area (Å²) in [7, 11) is 1.70. The number of ether oxygens (including phenoxy) is 2. The molecule has 1 saturated heterocycles. The van der Waals surface area contributed by atoms with Crippen molar-refractivity contribution in [3.63, 3.8) is 0 Å². The number of carbonyl (C=O) groups excluding carboxylic acids is 1. The highest BCUT2D eigenvalue weighted by Gasteiger charge is 2.27. The SMILES string of the molecule is CCOC(=O)c1cccc(N)c1N1CCC(OC)C1. The molecule has 1 aromatic rings. The molecule has 104 valence electrons. The lowest BCUT2D eigenvalue weighted by atomic mass is 10.1. The van der Waals surface area contributed by atoms with Crippen molar-refractivity contribution in [2.45, 2.75) is 19.4 Å². The summed E-state index contributed by atoms with van der Waals surface area (Å²) in [6.45, 7) is 3.73. The van der Waals surface area contributed by atoms with Crippen LogP contribution in [0.2, 0.25) is 0 Å². The zero-order valence-corrected chi connectivity index (χ0v) is 11.4. The summed E-state index contributed by atoms with van der Waals surface area (Å²) >= 11 is 0. The smallest absolute Gasteiger partial charge is 0.340 e. The molecule has 0 radical (unpaired) electrons. The summed E-state index contributed by atoms with van der Waals surface area (Å²) in [5.74, 6) is -0.328. The standard InChI is InChI=1S/C14H20N2O3/c1-3-19-14(17)11-5-4-6-12(15)13(11)16-8-7-10(9-16)18-2/h4-6,10H,3,7-9,15H2,1-2H3. The van der Waals surface area contributed by atoms with Crippen LogP contribution in [-0.4, -0.2) is 38.9 Å². The molecule has 2 rings (SSSR count). The number of nitrogens with zero attached hydrogens (tertiary/aromatic N) is 1. The van der Waals surface area contributed by atoms with Gasteiger partial charge in [-0.3, -0.25) is 0 Å². The van der Waals surface area contributed by atoms with Crippen molar-refractivity contribution in [2.24, 2.45) is 0 Å². The number of benzene rings is 1. The Labute approximate surface area is 113 Å². The monoisotopic (exact) mass is 264 g/mol. The first-order valence-electron chi connectivity index (χ1n) is 6.50. The summed E-state index contributed by atoms with van der Waals surface area (Å²) < 4.78 is 10.4. The van der Waals surface area contributed by atoms with Crippen molar-refractivity contribution in [3.05, 3.63) is 23.8 Å². The predicted octanol–water partition coefficient (Wildman–Crippen LogP) is 1.67. The lowest BCUT2D eigenvalue weighted by Gasteiger charge is -2.23. The van der Waals surface area contributed by atoms with Crippen LogP contribution in [0.4, 0.5) is 11.4 Å². The third kappa shape index (κ3) is 2.81. The topological polar surface area (TPSA) is 64.8 Å². The lowest BCUT2D eigenvalue weighted by Crippen LogP contribution is -2.25. The van der Waals surface area contributed by atoms with E-state index in [0.717, 1.165) is 25.2 Å². The van der Waals surface area contributed by atoms with E-state index in [-0.39, 0.29) is 12.1 Å². The number of nitrogen functional groups attached to an aromatic ring is 1. The van der Waals surface area contributed by atoms with Crippen LogP contribution in [0.3, 0.4) is 0 Å². The molecule has 0 amide bonds. The Balaban J connectivity index is 2.31. The van der Waals surface area contributed by atoms with Crippen molar-refractivity contribution in [3.8, 4) is 0 Å². The highest BCUT2D eigenvalue weighted by molar-refractivity contribution is 5.99. The second-order valence-electron chi connectivity index (χ2n) is 4.56. The maximum absolute atomic E-state index is 12.0. The lowest BCUT2D eigenvalue weighted by molar-refractivity contribution is 0.0527. The van der Waals surface area contributed by atoms with E-state index in [2.05, 4.69) is 4.90 Å². The van der Waals surface area contributed by atoms with Crippen LogP contribution in [0.1, 0.15) is 23.7 Å². The number of carbonyl (C=O) groups is 1. The Hall–Kier alpha value is -1.75. The van der Waals surface area contributed by atoms with Gasteiger partial charge >= 0.3 is 5.97 Å². The molecular formula is C14H20N2O3. The van der Waals surface area contributed by atoms with Crippen molar-refractivity contribution < 1.29 is 14.3 Å². The molecule has 5 heteroatoms. The fourth-order valence-electron chi connectivity index (χ4n) is 2.41. The van der Waals surface area contributed by atoms with Gasteiger partial charge in [-0.05, 0) is 25.5 Å². The Morgan fingerprint density at radius 1 is 1.53 bits per heavy atom. The summed E-state index contributed by atoms with van der Waals surface area (Å²) in [6, 6.07) is 5.33. The van der Waals surface area contributed by atoms with Crippen LogP contribution in [0.5, 0.6) is 0 Å². The van der Waals surface area contributed by atoms with Crippen LogP contribution in [0, 0.1) is 0 Å². The van der Waals surface area contributed by atoms with Gasteiger partial charge < -0.3 is 20.1 Å². The maximum Gasteiger partial charge on any atom is 0.340 e. The molecule has 19 heavy (non-hydrogen) atoms. The van der Waals surface area contributed by atoms with E-state index >= 15 is 0 Å². The molecule has 0 spiro atoms. The first kappa shape index (κ1) is 13.7. The van der Waals surface area contributed by atoms with Crippen molar-refractivity contribution >= 4 is 17.3 Å². The molecule has 1 fully saturated rings. The van der Waals surface area contributed by atoms with Crippen molar-refractivity contribution in [2.75, 3.05) is 37.4 Å². The van der Waals surface area contributed by atoms with Crippen LogP contribution in [0.15, 0.2) is 18.2 Å². The number of hydrogen-bond acceptors (Lipinski definition) is 5. The van der Waals surface area contributed by atoms with E-state index in [9.17, 15) is 4.79 Å². The minimum atomic E-state index is -0.328. The molecule has 1 aromatic carbocycles. The van der Waals surface area contributed by atoms with Crippen LogP contribution < -0.4 is 10.6 Å². The van der Waals surface area contributed by atoms with Gasteiger partial charge in [0.05, 0.1) is 29.6 Å². The van der Waals surface area contributed by atoms with E-state index in [1.807, 2.05) is 0 Å². The Kier molecular flexibility index (Phi) is 4.27. The van der Waals surface area contributed by atoms with Crippen LogP contribution in [-0.2, 0) is 9.47 Å². The van der Waals surface area contributed by atoms with Gasteiger partial charge in [0.25, 0.3) is 0 Å². The number of hydrogen-bond donors (Lipinski definition) is 1.